The van der Waals surface area contributed by atoms with Crippen LogP contribution in [0.5, 0.6) is 0 Å². The van der Waals surface area contributed by atoms with Crippen LogP contribution in [0.2, 0.25) is 0 Å². The van der Waals surface area contributed by atoms with Gasteiger partial charge in [-0.1, -0.05) is 30.3 Å². The normalized spacial score (nSPS) is 12.6. The maximum absolute atomic E-state index is 5.55. The van der Waals surface area contributed by atoms with Crippen molar-refractivity contribution < 1.29 is 0 Å². The predicted octanol–water partition coefficient (Wildman–Crippen LogP) is 1.39. The first kappa shape index (κ1) is 10.8. The van der Waals surface area contributed by atoms with Gasteiger partial charge in [-0.25, -0.2) is 0 Å². The van der Waals surface area contributed by atoms with Crippen LogP contribution in [0.4, 0.5) is 0 Å². The highest BCUT2D eigenvalue weighted by Crippen LogP contribution is 2.18. The number of rotatable bonds is 4. The number of aromatic nitrogens is 3. The third kappa shape index (κ3) is 2.12. The average Bonchev–Trinajstić information content (AvgIpc) is 2.78. The third-order valence-corrected chi connectivity index (χ3v) is 2.71. The number of hydrogen-bond donors (Lipinski definition) is 1. The molecule has 0 amide bonds. The summed E-state index contributed by atoms with van der Waals surface area (Å²) in [6, 6.07) is 10.6. The Labute approximate surface area is 95.1 Å². The van der Waals surface area contributed by atoms with Crippen LogP contribution in [-0.2, 0) is 6.42 Å². The van der Waals surface area contributed by atoms with E-state index in [4.69, 9.17) is 5.73 Å². The van der Waals surface area contributed by atoms with Crippen molar-refractivity contribution in [3.8, 4) is 0 Å². The van der Waals surface area contributed by atoms with Crippen LogP contribution >= 0.6 is 0 Å². The molecule has 0 bridgehead atoms. The van der Waals surface area contributed by atoms with Gasteiger partial charge >= 0.3 is 0 Å². The summed E-state index contributed by atoms with van der Waals surface area (Å²) in [4.78, 5) is 0. The van der Waals surface area contributed by atoms with Crippen LogP contribution in [0.3, 0.4) is 0 Å². The molecule has 0 saturated carbocycles. The topological polar surface area (TPSA) is 56.7 Å². The van der Waals surface area contributed by atoms with E-state index in [0.29, 0.717) is 6.54 Å². The molecule has 0 fully saturated rings. The van der Waals surface area contributed by atoms with Crippen molar-refractivity contribution in [3.63, 3.8) is 0 Å². The fourth-order valence-electron chi connectivity index (χ4n) is 1.79. The summed E-state index contributed by atoms with van der Waals surface area (Å²) >= 11 is 0. The summed E-state index contributed by atoms with van der Waals surface area (Å²) in [5.41, 5.74) is 6.80. The fourth-order valence-corrected chi connectivity index (χ4v) is 1.79. The van der Waals surface area contributed by atoms with Gasteiger partial charge in [-0.3, -0.25) is 0 Å². The Morgan fingerprint density at radius 3 is 2.75 bits per heavy atom. The van der Waals surface area contributed by atoms with E-state index in [-0.39, 0.29) is 6.04 Å². The Bertz CT molecular complexity index is 435. The minimum Gasteiger partial charge on any atom is -0.330 e. The van der Waals surface area contributed by atoms with Crippen molar-refractivity contribution in [3.05, 3.63) is 48.0 Å². The lowest BCUT2D eigenvalue weighted by Crippen LogP contribution is -2.13. The summed E-state index contributed by atoms with van der Waals surface area (Å²) in [6.45, 7) is 2.74. The van der Waals surface area contributed by atoms with Crippen LogP contribution in [0.25, 0.3) is 0 Å². The van der Waals surface area contributed by atoms with E-state index < -0.39 is 0 Å². The van der Waals surface area contributed by atoms with Crippen molar-refractivity contribution in [1.29, 1.82) is 0 Å². The maximum Gasteiger partial charge on any atom is 0.134 e. The Kier molecular flexibility index (Phi) is 3.31. The summed E-state index contributed by atoms with van der Waals surface area (Å²) in [5.74, 6) is 0.943. The third-order valence-electron chi connectivity index (χ3n) is 2.71. The molecule has 4 heteroatoms. The summed E-state index contributed by atoms with van der Waals surface area (Å²) in [5, 5.41) is 8.03. The largest absolute Gasteiger partial charge is 0.330 e. The lowest BCUT2D eigenvalue weighted by Gasteiger charge is -2.15. The van der Waals surface area contributed by atoms with E-state index >= 15 is 0 Å². The SMILES string of the molecule is C[C@H](c1ccccc1)n1cnnc1CCN. The second-order valence-electron chi connectivity index (χ2n) is 3.78. The van der Waals surface area contributed by atoms with Gasteiger partial charge < -0.3 is 10.3 Å². The average molecular weight is 216 g/mol. The molecule has 1 aromatic carbocycles. The molecule has 0 aliphatic carbocycles. The Hall–Kier alpha value is -1.68. The lowest BCUT2D eigenvalue weighted by molar-refractivity contribution is 0.600. The molecule has 0 aliphatic heterocycles. The van der Waals surface area contributed by atoms with Crippen LogP contribution in [0.1, 0.15) is 24.4 Å². The molecule has 0 unspecified atom stereocenters. The molecule has 0 aliphatic rings. The molecule has 4 nitrogen and oxygen atoms in total. The smallest absolute Gasteiger partial charge is 0.134 e. The van der Waals surface area contributed by atoms with Gasteiger partial charge in [0.25, 0.3) is 0 Å². The van der Waals surface area contributed by atoms with Crippen LogP contribution in [0, 0.1) is 0 Å². The molecule has 2 aromatic rings. The van der Waals surface area contributed by atoms with E-state index in [1.807, 2.05) is 18.2 Å². The van der Waals surface area contributed by atoms with E-state index in [0.717, 1.165) is 12.2 Å². The second kappa shape index (κ2) is 4.90. The number of nitrogens with zero attached hydrogens (tertiary/aromatic N) is 3. The van der Waals surface area contributed by atoms with Gasteiger partial charge in [-0.15, -0.1) is 10.2 Å². The van der Waals surface area contributed by atoms with Crippen LogP contribution in [0.15, 0.2) is 36.7 Å². The van der Waals surface area contributed by atoms with E-state index in [2.05, 4.69) is 33.8 Å². The monoisotopic (exact) mass is 216 g/mol. The van der Waals surface area contributed by atoms with Crippen molar-refractivity contribution in [2.24, 2.45) is 5.73 Å². The number of benzene rings is 1. The van der Waals surface area contributed by atoms with E-state index in [9.17, 15) is 0 Å². The minimum absolute atomic E-state index is 0.248. The molecule has 2 rings (SSSR count). The minimum atomic E-state index is 0.248. The molecule has 84 valence electrons. The zero-order valence-corrected chi connectivity index (χ0v) is 9.37. The van der Waals surface area contributed by atoms with Crippen LogP contribution in [-0.4, -0.2) is 21.3 Å². The standard InChI is InChI=1S/C12H16N4/c1-10(11-5-3-2-4-6-11)16-9-14-15-12(16)7-8-13/h2-6,9-10H,7-8,13H2,1H3/t10-/m1/s1. The molecule has 0 spiro atoms. The van der Waals surface area contributed by atoms with Crippen molar-refractivity contribution in [1.82, 2.24) is 14.8 Å². The zero-order chi connectivity index (χ0) is 11.4. The predicted molar refractivity (Wildman–Crippen MR) is 63.0 cm³/mol. The molecular formula is C12H16N4. The molecule has 1 atom stereocenters. The van der Waals surface area contributed by atoms with Gasteiger partial charge in [0.1, 0.15) is 12.2 Å². The quantitative estimate of drug-likeness (QED) is 0.840. The van der Waals surface area contributed by atoms with Crippen molar-refractivity contribution >= 4 is 0 Å². The highest BCUT2D eigenvalue weighted by molar-refractivity contribution is 5.19. The van der Waals surface area contributed by atoms with Crippen LogP contribution < -0.4 is 5.73 Å². The first-order valence-corrected chi connectivity index (χ1v) is 5.46. The molecule has 1 aromatic heterocycles. The first-order chi connectivity index (χ1) is 7.83. The second-order valence-corrected chi connectivity index (χ2v) is 3.78. The fraction of sp³-hybridized carbons (Fsp3) is 0.333. The Morgan fingerprint density at radius 2 is 2.06 bits per heavy atom. The van der Waals surface area contributed by atoms with Gasteiger partial charge in [-0.05, 0) is 19.0 Å². The lowest BCUT2D eigenvalue weighted by atomic mass is 10.1. The number of hydrogen-bond acceptors (Lipinski definition) is 3. The Morgan fingerprint density at radius 1 is 1.31 bits per heavy atom. The summed E-state index contributed by atoms with van der Waals surface area (Å²) < 4.78 is 2.07. The van der Waals surface area contributed by atoms with Gasteiger partial charge in [0, 0.05) is 6.42 Å². The van der Waals surface area contributed by atoms with E-state index in [1.165, 1.54) is 5.56 Å². The molecule has 1 heterocycles. The summed E-state index contributed by atoms with van der Waals surface area (Å²) in [7, 11) is 0. The first-order valence-electron chi connectivity index (χ1n) is 5.46. The number of nitrogens with two attached hydrogens (primary N) is 1. The zero-order valence-electron chi connectivity index (χ0n) is 9.37. The van der Waals surface area contributed by atoms with Gasteiger partial charge in [0.15, 0.2) is 0 Å². The van der Waals surface area contributed by atoms with E-state index in [1.54, 1.807) is 6.33 Å². The van der Waals surface area contributed by atoms with Crippen molar-refractivity contribution in [2.45, 2.75) is 19.4 Å². The highest BCUT2D eigenvalue weighted by Gasteiger charge is 2.11. The molecule has 0 saturated heterocycles. The molecular weight excluding hydrogens is 200 g/mol. The molecule has 16 heavy (non-hydrogen) atoms. The van der Waals surface area contributed by atoms with Gasteiger partial charge in [-0.2, -0.15) is 0 Å². The van der Waals surface area contributed by atoms with Crippen molar-refractivity contribution in [2.75, 3.05) is 6.54 Å². The van der Waals surface area contributed by atoms with Gasteiger partial charge in [0.05, 0.1) is 6.04 Å². The van der Waals surface area contributed by atoms with Gasteiger partial charge in [0.2, 0.25) is 0 Å². The highest BCUT2D eigenvalue weighted by atomic mass is 15.3. The maximum atomic E-state index is 5.55. The summed E-state index contributed by atoms with van der Waals surface area (Å²) in [6.07, 6.45) is 2.53. The molecule has 2 N–H and O–H groups in total. The molecule has 0 radical (unpaired) electrons. The Balaban J connectivity index is 2.27.